The molecule has 4 rings (SSSR count). The first-order chi connectivity index (χ1) is 18.0. The number of para-hydroxylation sites is 1. The SMILES string of the molecule is COCC(C)n1c(COc2ccccc2F)nnc1SCC(=O)Nc1nc(-c2ccc(OC)cc2)cs1. The average molecular weight is 544 g/mol. The van der Waals surface area contributed by atoms with E-state index in [4.69, 9.17) is 14.2 Å². The number of amides is 1. The topological polar surface area (TPSA) is 100 Å². The average Bonchev–Trinajstić information content (AvgIpc) is 3.54. The van der Waals surface area contributed by atoms with Crippen LogP contribution < -0.4 is 14.8 Å². The summed E-state index contributed by atoms with van der Waals surface area (Å²) in [5.41, 5.74) is 1.69. The van der Waals surface area contributed by atoms with Gasteiger partial charge in [0.2, 0.25) is 5.91 Å². The van der Waals surface area contributed by atoms with Gasteiger partial charge in [-0.1, -0.05) is 23.9 Å². The van der Waals surface area contributed by atoms with Gasteiger partial charge in [-0.2, -0.15) is 0 Å². The number of thiazole rings is 1. The number of nitrogens with zero attached hydrogens (tertiary/aromatic N) is 4. The number of methoxy groups -OCH3 is 2. The minimum atomic E-state index is -0.456. The van der Waals surface area contributed by atoms with E-state index < -0.39 is 5.82 Å². The van der Waals surface area contributed by atoms with E-state index in [0.717, 1.165) is 17.0 Å². The van der Waals surface area contributed by atoms with E-state index in [9.17, 15) is 9.18 Å². The summed E-state index contributed by atoms with van der Waals surface area (Å²) in [5, 5.41) is 14.2. The molecule has 0 radical (unpaired) electrons. The van der Waals surface area contributed by atoms with Crippen LogP contribution in [0, 0.1) is 5.82 Å². The second-order valence-corrected chi connectivity index (χ2v) is 9.70. The van der Waals surface area contributed by atoms with Gasteiger partial charge in [-0.05, 0) is 43.3 Å². The predicted molar refractivity (Wildman–Crippen MR) is 141 cm³/mol. The van der Waals surface area contributed by atoms with Crippen molar-refractivity contribution in [2.45, 2.75) is 24.7 Å². The maximum absolute atomic E-state index is 13.9. The molecule has 37 heavy (non-hydrogen) atoms. The van der Waals surface area contributed by atoms with Gasteiger partial charge in [0.1, 0.15) is 12.4 Å². The van der Waals surface area contributed by atoms with E-state index in [2.05, 4.69) is 20.5 Å². The van der Waals surface area contributed by atoms with Gasteiger partial charge in [-0.15, -0.1) is 21.5 Å². The van der Waals surface area contributed by atoms with Crippen LogP contribution in [0.3, 0.4) is 0 Å². The maximum Gasteiger partial charge on any atom is 0.236 e. The first-order valence-electron chi connectivity index (χ1n) is 11.3. The van der Waals surface area contributed by atoms with E-state index in [0.29, 0.717) is 22.7 Å². The summed E-state index contributed by atoms with van der Waals surface area (Å²) in [7, 11) is 3.22. The summed E-state index contributed by atoms with van der Waals surface area (Å²) in [4.78, 5) is 17.2. The Hall–Kier alpha value is -3.48. The minimum absolute atomic E-state index is 0.0159. The van der Waals surface area contributed by atoms with Crippen molar-refractivity contribution in [3.05, 3.63) is 65.6 Å². The molecule has 2 aromatic carbocycles. The monoisotopic (exact) mass is 543 g/mol. The predicted octanol–water partition coefficient (Wildman–Crippen LogP) is 5.07. The molecule has 0 saturated carbocycles. The largest absolute Gasteiger partial charge is 0.497 e. The molecule has 2 aromatic heterocycles. The number of hydrogen-bond acceptors (Lipinski definition) is 9. The van der Waals surface area contributed by atoms with E-state index in [1.165, 1.54) is 29.2 Å². The zero-order chi connectivity index (χ0) is 26.2. The highest BCUT2D eigenvalue weighted by atomic mass is 32.2. The molecule has 0 spiro atoms. The van der Waals surface area contributed by atoms with Crippen LogP contribution in [0.2, 0.25) is 0 Å². The van der Waals surface area contributed by atoms with Gasteiger partial charge in [0.15, 0.2) is 27.7 Å². The van der Waals surface area contributed by atoms with Crippen LogP contribution in [0.4, 0.5) is 9.52 Å². The molecular weight excluding hydrogens is 517 g/mol. The van der Waals surface area contributed by atoms with Crippen molar-refractivity contribution in [1.82, 2.24) is 19.7 Å². The summed E-state index contributed by atoms with van der Waals surface area (Å²) < 4.78 is 31.9. The zero-order valence-corrected chi connectivity index (χ0v) is 22.1. The summed E-state index contributed by atoms with van der Waals surface area (Å²) in [6.07, 6.45) is 0. The number of carbonyl (C=O) groups excluding carboxylic acids is 1. The number of aromatic nitrogens is 4. The highest BCUT2D eigenvalue weighted by molar-refractivity contribution is 7.99. The number of halogens is 1. The molecular formula is C25H26FN5O4S2. The molecule has 194 valence electrons. The molecule has 0 fully saturated rings. The minimum Gasteiger partial charge on any atom is -0.497 e. The van der Waals surface area contributed by atoms with Crippen LogP contribution in [0.25, 0.3) is 11.3 Å². The quantitative estimate of drug-likeness (QED) is 0.247. The van der Waals surface area contributed by atoms with Crippen LogP contribution in [-0.4, -0.2) is 52.2 Å². The van der Waals surface area contributed by atoms with Crippen molar-refractivity contribution in [2.24, 2.45) is 0 Å². The standard InChI is InChI=1S/C25H26FN5O4S2/c1-16(12-33-2)31-22(13-35-21-7-5-4-6-19(21)26)29-30-25(31)37-15-23(32)28-24-27-20(14-36-24)17-8-10-18(34-3)11-9-17/h4-11,14,16H,12-13,15H2,1-3H3,(H,27,28,32). The van der Waals surface area contributed by atoms with Crippen LogP contribution >= 0.6 is 23.1 Å². The lowest BCUT2D eigenvalue weighted by Gasteiger charge is -2.17. The highest BCUT2D eigenvalue weighted by Crippen LogP contribution is 2.28. The van der Waals surface area contributed by atoms with Crippen LogP contribution in [0.1, 0.15) is 18.8 Å². The maximum atomic E-state index is 13.9. The lowest BCUT2D eigenvalue weighted by Crippen LogP contribution is -2.18. The van der Waals surface area contributed by atoms with Gasteiger partial charge in [0.25, 0.3) is 0 Å². The van der Waals surface area contributed by atoms with Gasteiger partial charge < -0.3 is 19.5 Å². The zero-order valence-electron chi connectivity index (χ0n) is 20.5. The lowest BCUT2D eigenvalue weighted by molar-refractivity contribution is -0.113. The fourth-order valence-electron chi connectivity index (χ4n) is 3.48. The Bertz CT molecular complexity index is 1330. The van der Waals surface area contributed by atoms with E-state index in [1.807, 2.05) is 41.1 Å². The number of ether oxygens (including phenoxy) is 3. The Morgan fingerprint density at radius 2 is 1.95 bits per heavy atom. The smallest absolute Gasteiger partial charge is 0.236 e. The number of nitrogens with one attached hydrogen (secondary N) is 1. The number of benzene rings is 2. The molecule has 0 aliphatic heterocycles. The lowest BCUT2D eigenvalue weighted by atomic mass is 10.2. The molecule has 0 bridgehead atoms. The molecule has 0 aliphatic rings. The fraction of sp³-hybridized carbons (Fsp3) is 0.280. The van der Waals surface area contributed by atoms with Gasteiger partial charge >= 0.3 is 0 Å². The Labute approximate surface area is 222 Å². The van der Waals surface area contributed by atoms with Crippen LogP contribution in [-0.2, 0) is 16.1 Å². The molecule has 1 atom stereocenters. The normalized spacial score (nSPS) is 11.8. The van der Waals surface area contributed by atoms with Gasteiger partial charge in [-0.3, -0.25) is 9.36 Å². The first kappa shape index (κ1) is 26.6. The Morgan fingerprint density at radius 1 is 1.16 bits per heavy atom. The van der Waals surface area contributed by atoms with E-state index >= 15 is 0 Å². The molecule has 0 aliphatic carbocycles. The number of hydrogen-bond donors (Lipinski definition) is 1. The van der Waals surface area contributed by atoms with Crippen molar-refractivity contribution in [2.75, 3.05) is 31.9 Å². The number of anilines is 1. The highest BCUT2D eigenvalue weighted by Gasteiger charge is 2.20. The Balaban J connectivity index is 1.39. The summed E-state index contributed by atoms with van der Waals surface area (Å²) in [6.45, 7) is 2.36. The Morgan fingerprint density at radius 3 is 2.68 bits per heavy atom. The summed E-state index contributed by atoms with van der Waals surface area (Å²) in [5.74, 6) is 0.811. The molecule has 1 N–H and O–H groups in total. The van der Waals surface area contributed by atoms with Crippen molar-refractivity contribution in [3.8, 4) is 22.8 Å². The van der Waals surface area contributed by atoms with Crippen molar-refractivity contribution < 1.29 is 23.4 Å². The fourth-order valence-corrected chi connectivity index (χ4v) is 5.07. The summed E-state index contributed by atoms with van der Waals surface area (Å²) >= 11 is 2.58. The number of rotatable bonds is 12. The Kier molecular flexibility index (Phi) is 9.09. The molecule has 2 heterocycles. The molecule has 1 unspecified atom stereocenters. The second-order valence-electron chi connectivity index (χ2n) is 7.90. The van der Waals surface area contributed by atoms with Crippen LogP contribution in [0.5, 0.6) is 11.5 Å². The molecule has 4 aromatic rings. The van der Waals surface area contributed by atoms with Gasteiger partial charge in [-0.25, -0.2) is 9.37 Å². The van der Waals surface area contributed by atoms with Gasteiger partial charge in [0, 0.05) is 18.1 Å². The second kappa shape index (κ2) is 12.7. The van der Waals surface area contributed by atoms with Crippen molar-refractivity contribution in [1.29, 1.82) is 0 Å². The molecule has 1 amide bonds. The van der Waals surface area contributed by atoms with Gasteiger partial charge in [0.05, 0.1) is 31.2 Å². The number of carbonyl (C=O) groups is 1. The third-order valence-electron chi connectivity index (χ3n) is 5.25. The first-order valence-corrected chi connectivity index (χ1v) is 13.2. The van der Waals surface area contributed by atoms with Crippen molar-refractivity contribution in [3.63, 3.8) is 0 Å². The van der Waals surface area contributed by atoms with Crippen molar-refractivity contribution >= 4 is 34.1 Å². The van der Waals surface area contributed by atoms with Crippen LogP contribution in [0.15, 0.2) is 59.1 Å². The van der Waals surface area contributed by atoms with E-state index in [1.54, 1.807) is 32.4 Å². The third-order valence-corrected chi connectivity index (χ3v) is 6.95. The molecule has 12 heteroatoms. The number of thioether (sulfide) groups is 1. The third kappa shape index (κ3) is 6.85. The van der Waals surface area contributed by atoms with E-state index in [-0.39, 0.29) is 30.1 Å². The summed E-state index contributed by atoms with van der Waals surface area (Å²) in [6, 6.07) is 13.6. The molecule has 9 nitrogen and oxygen atoms in total. The molecule has 0 saturated heterocycles.